The van der Waals surface area contributed by atoms with E-state index in [-0.39, 0.29) is 6.03 Å². The zero-order valence-electron chi connectivity index (χ0n) is 13.1. The van der Waals surface area contributed by atoms with E-state index in [1.165, 1.54) is 4.90 Å². The van der Waals surface area contributed by atoms with E-state index in [9.17, 15) is 4.79 Å². The predicted molar refractivity (Wildman–Crippen MR) is 95.1 cm³/mol. The van der Waals surface area contributed by atoms with Gasteiger partial charge in [-0.2, -0.15) is 0 Å². The van der Waals surface area contributed by atoms with Gasteiger partial charge in [0.2, 0.25) is 0 Å². The summed E-state index contributed by atoms with van der Waals surface area (Å²) in [5.41, 5.74) is 1.74. The van der Waals surface area contributed by atoms with Crippen LogP contribution in [-0.4, -0.2) is 31.6 Å². The lowest BCUT2D eigenvalue weighted by Crippen LogP contribution is -2.27. The summed E-state index contributed by atoms with van der Waals surface area (Å²) in [6.07, 6.45) is 3.91. The van der Waals surface area contributed by atoms with Crippen LogP contribution in [0.25, 0.3) is 6.08 Å². The third-order valence-electron chi connectivity index (χ3n) is 3.03. The summed E-state index contributed by atoms with van der Waals surface area (Å²) >= 11 is 6.17. The molecule has 0 heterocycles. The van der Waals surface area contributed by atoms with Gasteiger partial charge in [0, 0.05) is 19.8 Å². The molecule has 0 aliphatic rings. The normalized spacial score (nSPS) is 10.6. The minimum atomic E-state index is -0.208. The molecule has 0 saturated heterocycles. The van der Waals surface area contributed by atoms with Gasteiger partial charge in [0.1, 0.15) is 12.4 Å². The van der Waals surface area contributed by atoms with Crippen LogP contribution in [-0.2, 0) is 0 Å². The number of hydrogen-bond donors (Lipinski definition) is 1. The maximum Gasteiger partial charge on any atom is 0.321 e. The molecular weight excluding hydrogens is 312 g/mol. The van der Waals surface area contributed by atoms with Gasteiger partial charge in [0.15, 0.2) is 0 Å². The summed E-state index contributed by atoms with van der Waals surface area (Å²) in [6, 6.07) is 14.9. The predicted octanol–water partition coefficient (Wildman–Crippen LogP) is 4.53. The fourth-order valence-electron chi connectivity index (χ4n) is 1.82. The first-order valence-corrected chi connectivity index (χ1v) is 7.56. The average Bonchev–Trinajstić information content (AvgIpc) is 2.54. The van der Waals surface area contributed by atoms with Gasteiger partial charge >= 0.3 is 6.03 Å². The Hall–Kier alpha value is -2.46. The quantitative estimate of drug-likeness (QED) is 0.875. The van der Waals surface area contributed by atoms with Crippen LogP contribution in [0.1, 0.15) is 5.56 Å². The lowest BCUT2D eigenvalue weighted by molar-refractivity contribution is 0.230. The second-order valence-corrected chi connectivity index (χ2v) is 5.50. The standard InChI is InChI=1S/C18H19ClN2O2/c1-21(2)18(22)20-15-10-11-17(16(19)13-15)23-12-6-9-14-7-4-3-5-8-14/h3-11,13H,12H2,1-2H3,(H,20,22). The van der Waals surface area contributed by atoms with Crippen molar-refractivity contribution in [2.45, 2.75) is 0 Å². The summed E-state index contributed by atoms with van der Waals surface area (Å²) in [5, 5.41) is 3.18. The summed E-state index contributed by atoms with van der Waals surface area (Å²) in [7, 11) is 3.35. The Morgan fingerprint density at radius 3 is 2.61 bits per heavy atom. The number of nitrogens with one attached hydrogen (secondary N) is 1. The number of anilines is 1. The molecule has 2 rings (SSSR count). The Labute approximate surface area is 141 Å². The van der Waals surface area contributed by atoms with Gasteiger partial charge in [-0.25, -0.2) is 4.79 Å². The number of ether oxygens (including phenoxy) is 1. The van der Waals surface area contributed by atoms with Crippen LogP contribution >= 0.6 is 11.6 Å². The molecule has 2 aromatic rings. The van der Waals surface area contributed by atoms with Crippen molar-refractivity contribution in [3.8, 4) is 5.75 Å². The molecule has 0 fully saturated rings. The fraction of sp³-hybridized carbons (Fsp3) is 0.167. The van der Waals surface area contributed by atoms with E-state index in [0.717, 1.165) is 5.56 Å². The molecule has 120 valence electrons. The maximum absolute atomic E-state index is 11.6. The second-order valence-electron chi connectivity index (χ2n) is 5.09. The Balaban J connectivity index is 1.91. The summed E-state index contributed by atoms with van der Waals surface area (Å²) in [4.78, 5) is 13.0. The van der Waals surface area contributed by atoms with Gasteiger partial charge in [-0.1, -0.05) is 48.0 Å². The molecule has 0 saturated carbocycles. The maximum atomic E-state index is 11.6. The number of benzene rings is 2. The molecule has 0 spiro atoms. The van der Waals surface area contributed by atoms with Crippen molar-refractivity contribution >= 4 is 29.4 Å². The first-order valence-electron chi connectivity index (χ1n) is 7.18. The van der Waals surface area contributed by atoms with Gasteiger partial charge in [-0.05, 0) is 29.8 Å². The van der Waals surface area contributed by atoms with Gasteiger partial charge in [0.05, 0.1) is 5.02 Å². The molecular formula is C18H19ClN2O2. The number of amides is 2. The van der Waals surface area contributed by atoms with E-state index >= 15 is 0 Å². The summed E-state index contributed by atoms with van der Waals surface area (Å²) in [6.45, 7) is 0.415. The number of rotatable bonds is 5. The van der Waals surface area contributed by atoms with E-state index in [4.69, 9.17) is 16.3 Å². The fourth-order valence-corrected chi connectivity index (χ4v) is 2.05. The summed E-state index contributed by atoms with van der Waals surface area (Å²) < 4.78 is 5.62. The van der Waals surface area contributed by atoms with Crippen LogP contribution < -0.4 is 10.1 Å². The smallest absolute Gasteiger partial charge is 0.321 e. The third kappa shape index (κ3) is 5.34. The summed E-state index contributed by atoms with van der Waals surface area (Å²) in [5.74, 6) is 0.576. The zero-order chi connectivity index (χ0) is 16.7. The monoisotopic (exact) mass is 330 g/mol. The van der Waals surface area contributed by atoms with E-state index in [1.54, 1.807) is 32.3 Å². The van der Waals surface area contributed by atoms with E-state index in [1.807, 2.05) is 42.5 Å². The topological polar surface area (TPSA) is 41.6 Å². The van der Waals surface area contributed by atoms with Crippen molar-refractivity contribution < 1.29 is 9.53 Å². The third-order valence-corrected chi connectivity index (χ3v) is 3.33. The van der Waals surface area contributed by atoms with E-state index in [2.05, 4.69) is 5.32 Å². The SMILES string of the molecule is CN(C)C(=O)Nc1ccc(OCC=Cc2ccccc2)c(Cl)c1. The lowest BCUT2D eigenvalue weighted by atomic mass is 10.2. The van der Waals surface area contributed by atoms with E-state index in [0.29, 0.717) is 23.1 Å². The molecule has 5 heteroatoms. The Morgan fingerprint density at radius 2 is 1.96 bits per heavy atom. The molecule has 23 heavy (non-hydrogen) atoms. The van der Waals surface area contributed by atoms with Crippen molar-refractivity contribution in [2.75, 3.05) is 26.0 Å². The Morgan fingerprint density at radius 1 is 1.22 bits per heavy atom. The molecule has 0 aliphatic heterocycles. The average molecular weight is 331 g/mol. The van der Waals surface area contributed by atoms with Crippen LogP contribution in [0.4, 0.5) is 10.5 Å². The first-order chi connectivity index (χ1) is 11.1. The molecule has 0 radical (unpaired) electrons. The lowest BCUT2D eigenvalue weighted by Gasteiger charge is -2.13. The molecule has 0 aliphatic carbocycles. The molecule has 4 nitrogen and oxygen atoms in total. The Bertz CT molecular complexity index is 685. The highest BCUT2D eigenvalue weighted by molar-refractivity contribution is 6.32. The number of halogens is 1. The number of carbonyl (C=O) groups excluding carboxylic acids is 1. The van der Waals surface area contributed by atoms with Crippen LogP contribution in [0.5, 0.6) is 5.75 Å². The molecule has 0 aromatic heterocycles. The van der Waals surface area contributed by atoms with Crippen LogP contribution in [0, 0.1) is 0 Å². The van der Waals surface area contributed by atoms with Gasteiger partial charge in [0.25, 0.3) is 0 Å². The van der Waals surface area contributed by atoms with Crippen molar-refractivity contribution in [1.82, 2.24) is 4.90 Å². The molecule has 2 amide bonds. The van der Waals surface area contributed by atoms with E-state index < -0.39 is 0 Å². The minimum Gasteiger partial charge on any atom is -0.488 e. The van der Waals surface area contributed by atoms with Crippen molar-refractivity contribution in [3.63, 3.8) is 0 Å². The van der Waals surface area contributed by atoms with Crippen LogP contribution in [0.2, 0.25) is 5.02 Å². The number of carbonyl (C=O) groups is 1. The number of hydrogen-bond acceptors (Lipinski definition) is 2. The Kier molecular flexibility index (Phi) is 6.06. The number of nitrogens with zero attached hydrogens (tertiary/aromatic N) is 1. The second kappa shape index (κ2) is 8.25. The van der Waals surface area contributed by atoms with Crippen molar-refractivity contribution in [1.29, 1.82) is 0 Å². The van der Waals surface area contributed by atoms with Gasteiger partial charge < -0.3 is 15.0 Å². The minimum absolute atomic E-state index is 0.208. The first kappa shape index (κ1) is 16.9. The molecule has 0 unspecified atom stereocenters. The highest BCUT2D eigenvalue weighted by atomic mass is 35.5. The zero-order valence-corrected chi connectivity index (χ0v) is 13.9. The van der Waals surface area contributed by atoms with Crippen LogP contribution in [0.15, 0.2) is 54.6 Å². The largest absolute Gasteiger partial charge is 0.488 e. The highest BCUT2D eigenvalue weighted by Crippen LogP contribution is 2.27. The van der Waals surface area contributed by atoms with Gasteiger partial charge in [-0.15, -0.1) is 0 Å². The van der Waals surface area contributed by atoms with Gasteiger partial charge in [-0.3, -0.25) is 0 Å². The van der Waals surface area contributed by atoms with Crippen LogP contribution in [0.3, 0.4) is 0 Å². The molecule has 0 atom stereocenters. The highest BCUT2D eigenvalue weighted by Gasteiger charge is 2.07. The van der Waals surface area contributed by atoms with Crippen molar-refractivity contribution in [2.24, 2.45) is 0 Å². The number of urea groups is 1. The van der Waals surface area contributed by atoms with Crippen molar-refractivity contribution in [3.05, 3.63) is 65.2 Å². The molecule has 1 N–H and O–H groups in total. The molecule has 2 aromatic carbocycles. The molecule has 0 bridgehead atoms.